The lowest BCUT2D eigenvalue weighted by Gasteiger charge is -1.94. The maximum atomic E-state index is 9.04. The largest absolute Gasteiger partial charge is 0.508 e. The Morgan fingerprint density at radius 3 is 2.46 bits per heavy atom. The molecular formula is C9H8N2O2. The summed E-state index contributed by atoms with van der Waals surface area (Å²) < 4.78 is 4.85. The summed E-state index contributed by atoms with van der Waals surface area (Å²) in [6.07, 6.45) is 1.47. The molecule has 0 fully saturated rings. The Labute approximate surface area is 74.6 Å². The minimum Gasteiger partial charge on any atom is -0.508 e. The number of nitrogens with zero attached hydrogens (tertiary/aromatic N) is 1. The number of rotatable bonds is 1. The van der Waals surface area contributed by atoms with E-state index >= 15 is 0 Å². The van der Waals surface area contributed by atoms with Gasteiger partial charge in [0.1, 0.15) is 17.7 Å². The number of nitrogens with two attached hydrogens (primary N) is 1. The highest BCUT2D eigenvalue weighted by molar-refractivity contribution is 5.59. The third-order valence-electron chi connectivity index (χ3n) is 1.69. The number of hydrogen-bond acceptors (Lipinski definition) is 4. The van der Waals surface area contributed by atoms with Crippen LogP contribution in [0, 0.1) is 0 Å². The molecule has 0 radical (unpaired) electrons. The molecule has 0 amide bonds. The van der Waals surface area contributed by atoms with Gasteiger partial charge in [0, 0.05) is 5.56 Å². The average molecular weight is 176 g/mol. The van der Waals surface area contributed by atoms with Crippen molar-refractivity contribution in [2.75, 3.05) is 5.73 Å². The lowest BCUT2D eigenvalue weighted by atomic mass is 10.2. The van der Waals surface area contributed by atoms with Crippen LogP contribution in [0.15, 0.2) is 34.9 Å². The van der Waals surface area contributed by atoms with Gasteiger partial charge < -0.3 is 15.3 Å². The van der Waals surface area contributed by atoms with Crippen LogP contribution in [0.25, 0.3) is 11.3 Å². The fourth-order valence-electron chi connectivity index (χ4n) is 1.05. The van der Waals surface area contributed by atoms with Crippen molar-refractivity contribution >= 4 is 6.01 Å². The molecule has 2 rings (SSSR count). The summed E-state index contributed by atoms with van der Waals surface area (Å²) in [6, 6.07) is 6.79. The molecule has 13 heavy (non-hydrogen) atoms. The van der Waals surface area contributed by atoms with Gasteiger partial charge in [-0.05, 0) is 24.3 Å². The molecule has 2 aromatic rings. The first-order chi connectivity index (χ1) is 6.25. The number of benzene rings is 1. The second kappa shape index (κ2) is 2.82. The summed E-state index contributed by atoms with van der Waals surface area (Å²) in [4.78, 5) is 3.94. The zero-order chi connectivity index (χ0) is 9.26. The normalized spacial score (nSPS) is 10.2. The second-order valence-electron chi connectivity index (χ2n) is 2.62. The molecule has 0 aliphatic heterocycles. The molecule has 0 saturated carbocycles. The van der Waals surface area contributed by atoms with E-state index in [1.54, 1.807) is 24.3 Å². The average Bonchev–Trinajstić information content (AvgIpc) is 2.53. The molecular weight excluding hydrogens is 168 g/mol. The summed E-state index contributed by atoms with van der Waals surface area (Å²) in [5, 5.41) is 9.04. The van der Waals surface area contributed by atoms with Gasteiger partial charge in [-0.25, -0.2) is 0 Å². The molecule has 0 aliphatic rings. The van der Waals surface area contributed by atoms with Crippen molar-refractivity contribution in [1.82, 2.24) is 4.98 Å². The molecule has 1 aromatic carbocycles. The van der Waals surface area contributed by atoms with Crippen LogP contribution in [0.3, 0.4) is 0 Å². The Hall–Kier alpha value is -1.97. The van der Waals surface area contributed by atoms with Gasteiger partial charge in [0.2, 0.25) is 0 Å². The Kier molecular flexibility index (Phi) is 1.66. The van der Waals surface area contributed by atoms with Crippen LogP contribution < -0.4 is 5.73 Å². The second-order valence-corrected chi connectivity index (χ2v) is 2.62. The summed E-state index contributed by atoms with van der Waals surface area (Å²) in [5.41, 5.74) is 6.84. The van der Waals surface area contributed by atoms with E-state index in [1.165, 1.54) is 6.26 Å². The number of aromatic hydroxyl groups is 1. The minimum absolute atomic E-state index is 0.142. The van der Waals surface area contributed by atoms with E-state index in [-0.39, 0.29) is 11.8 Å². The monoisotopic (exact) mass is 176 g/mol. The molecule has 1 aromatic heterocycles. The van der Waals surface area contributed by atoms with Crippen LogP contribution in [0.2, 0.25) is 0 Å². The zero-order valence-electron chi connectivity index (χ0n) is 6.77. The smallest absolute Gasteiger partial charge is 0.292 e. The number of nitrogen functional groups attached to an aromatic ring is 1. The van der Waals surface area contributed by atoms with Crippen molar-refractivity contribution in [2.24, 2.45) is 0 Å². The van der Waals surface area contributed by atoms with Gasteiger partial charge in [0.05, 0.1) is 0 Å². The molecule has 4 nitrogen and oxygen atoms in total. The van der Waals surface area contributed by atoms with Crippen LogP contribution in [0.5, 0.6) is 5.75 Å². The first-order valence-electron chi connectivity index (χ1n) is 3.76. The van der Waals surface area contributed by atoms with Crippen LogP contribution >= 0.6 is 0 Å². The van der Waals surface area contributed by atoms with Gasteiger partial charge >= 0.3 is 0 Å². The molecule has 3 N–H and O–H groups in total. The summed E-state index contributed by atoms with van der Waals surface area (Å²) in [5.74, 6) is 0.222. The number of hydrogen-bond donors (Lipinski definition) is 2. The van der Waals surface area contributed by atoms with Crippen molar-refractivity contribution in [3.63, 3.8) is 0 Å². The first-order valence-corrected chi connectivity index (χ1v) is 3.76. The molecule has 0 spiro atoms. The third-order valence-corrected chi connectivity index (χ3v) is 1.69. The lowest BCUT2D eigenvalue weighted by molar-refractivity contribution is 0.475. The lowest BCUT2D eigenvalue weighted by Crippen LogP contribution is -1.83. The number of phenols is 1. The van der Waals surface area contributed by atoms with Crippen molar-refractivity contribution in [3.8, 4) is 17.0 Å². The van der Waals surface area contributed by atoms with Gasteiger partial charge in [-0.3, -0.25) is 0 Å². The Bertz CT molecular complexity index is 406. The van der Waals surface area contributed by atoms with E-state index in [0.717, 1.165) is 5.56 Å². The number of anilines is 1. The van der Waals surface area contributed by atoms with Gasteiger partial charge in [0.25, 0.3) is 6.01 Å². The van der Waals surface area contributed by atoms with E-state index in [1.807, 2.05) is 0 Å². The van der Waals surface area contributed by atoms with Crippen molar-refractivity contribution < 1.29 is 9.52 Å². The van der Waals surface area contributed by atoms with Gasteiger partial charge in [-0.2, -0.15) is 4.98 Å². The summed E-state index contributed by atoms with van der Waals surface area (Å²) in [7, 11) is 0. The van der Waals surface area contributed by atoms with Gasteiger partial charge in [0.15, 0.2) is 0 Å². The summed E-state index contributed by atoms with van der Waals surface area (Å²) >= 11 is 0. The van der Waals surface area contributed by atoms with Crippen LogP contribution in [-0.4, -0.2) is 10.1 Å². The van der Waals surface area contributed by atoms with E-state index in [9.17, 15) is 0 Å². The fourth-order valence-corrected chi connectivity index (χ4v) is 1.05. The van der Waals surface area contributed by atoms with E-state index in [4.69, 9.17) is 15.3 Å². The highest BCUT2D eigenvalue weighted by atomic mass is 16.4. The quantitative estimate of drug-likeness (QED) is 0.692. The van der Waals surface area contributed by atoms with Crippen LogP contribution in [-0.2, 0) is 0 Å². The molecule has 66 valence electrons. The number of aromatic nitrogens is 1. The maximum Gasteiger partial charge on any atom is 0.292 e. The van der Waals surface area contributed by atoms with Gasteiger partial charge in [-0.1, -0.05) is 0 Å². The SMILES string of the molecule is Nc1nc(-c2ccc(O)cc2)co1. The number of oxazole rings is 1. The molecule has 0 bridgehead atoms. The molecule has 0 aliphatic carbocycles. The molecule has 4 heteroatoms. The fraction of sp³-hybridized carbons (Fsp3) is 0. The highest BCUT2D eigenvalue weighted by Gasteiger charge is 2.02. The van der Waals surface area contributed by atoms with Crippen LogP contribution in [0.1, 0.15) is 0 Å². The van der Waals surface area contributed by atoms with E-state index < -0.39 is 0 Å². The number of phenolic OH excluding ortho intramolecular Hbond substituents is 1. The summed E-state index contributed by atoms with van der Waals surface area (Å²) in [6.45, 7) is 0. The highest BCUT2D eigenvalue weighted by Crippen LogP contribution is 2.21. The molecule has 1 heterocycles. The van der Waals surface area contributed by atoms with E-state index in [0.29, 0.717) is 5.69 Å². The molecule has 0 saturated heterocycles. The van der Waals surface area contributed by atoms with Crippen molar-refractivity contribution in [2.45, 2.75) is 0 Å². The Morgan fingerprint density at radius 2 is 1.92 bits per heavy atom. The Balaban J connectivity index is 2.41. The molecule has 0 unspecified atom stereocenters. The van der Waals surface area contributed by atoms with Crippen molar-refractivity contribution in [1.29, 1.82) is 0 Å². The standard InChI is InChI=1S/C9H8N2O2/c10-9-11-8(5-13-9)6-1-3-7(12)4-2-6/h1-5,12H,(H2,10,11). The topological polar surface area (TPSA) is 72.3 Å². The molecule has 0 atom stereocenters. The third kappa shape index (κ3) is 1.46. The van der Waals surface area contributed by atoms with Gasteiger partial charge in [-0.15, -0.1) is 0 Å². The Morgan fingerprint density at radius 1 is 1.23 bits per heavy atom. The minimum atomic E-state index is 0.142. The predicted molar refractivity (Wildman–Crippen MR) is 48.0 cm³/mol. The predicted octanol–water partition coefficient (Wildman–Crippen LogP) is 1.63. The van der Waals surface area contributed by atoms with Crippen molar-refractivity contribution in [3.05, 3.63) is 30.5 Å². The first kappa shape index (κ1) is 7.67. The van der Waals surface area contributed by atoms with E-state index in [2.05, 4.69) is 4.98 Å². The zero-order valence-corrected chi connectivity index (χ0v) is 6.77. The maximum absolute atomic E-state index is 9.04. The van der Waals surface area contributed by atoms with Crippen LogP contribution in [0.4, 0.5) is 6.01 Å².